The van der Waals surface area contributed by atoms with E-state index in [1.54, 1.807) is 24.3 Å². The van der Waals surface area contributed by atoms with Gasteiger partial charge in [-0.3, -0.25) is 28.8 Å². The number of benzene rings is 1. The summed E-state index contributed by atoms with van der Waals surface area (Å²) in [5, 5.41) is 31.4. The highest BCUT2D eigenvalue weighted by atomic mass is 16.4. The van der Waals surface area contributed by atoms with Crippen LogP contribution in [0.4, 0.5) is 0 Å². The lowest BCUT2D eigenvalue weighted by molar-refractivity contribution is -0.145. The van der Waals surface area contributed by atoms with Crippen molar-refractivity contribution in [2.24, 2.45) is 5.92 Å². The lowest BCUT2D eigenvalue weighted by Crippen LogP contribution is -2.46. The molecule has 0 saturated carbocycles. The number of aliphatic carboxylic acids is 3. The Morgan fingerprint density at radius 3 is 1.91 bits per heavy atom. The molecule has 0 heterocycles. The number of hydrogen-bond donors (Lipinski definition) is 5. The van der Waals surface area contributed by atoms with Crippen LogP contribution >= 0.6 is 0 Å². The number of carbonyl (C=O) groups excluding carboxylic acids is 3. The van der Waals surface area contributed by atoms with Crippen molar-refractivity contribution in [1.82, 2.24) is 10.6 Å². The molecule has 0 spiro atoms. The van der Waals surface area contributed by atoms with E-state index in [-0.39, 0.29) is 6.42 Å². The minimum Gasteiger partial charge on any atom is -0.481 e. The highest BCUT2D eigenvalue weighted by Gasteiger charge is 2.31. The Kier molecular flexibility index (Phi) is 10.0. The van der Waals surface area contributed by atoms with Gasteiger partial charge in [-0.05, 0) is 19.4 Å². The molecule has 0 saturated heterocycles. The summed E-state index contributed by atoms with van der Waals surface area (Å²) < 4.78 is 0. The highest BCUT2D eigenvalue weighted by molar-refractivity contribution is 5.96. The Labute approximate surface area is 183 Å². The van der Waals surface area contributed by atoms with Crippen molar-refractivity contribution in [1.29, 1.82) is 0 Å². The Balaban J connectivity index is 2.91. The zero-order valence-electron chi connectivity index (χ0n) is 17.7. The van der Waals surface area contributed by atoms with Crippen LogP contribution in [-0.2, 0) is 35.2 Å². The molecule has 3 atom stereocenters. The molecule has 0 radical (unpaired) electrons. The van der Waals surface area contributed by atoms with Crippen molar-refractivity contribution in [2.75, 3.05) is 0 Å². The van der Waals surface area contributed by atoms with Crippen LogP contribution in [0, 0.1) is 12.8 Å². The fraction of sp³-hybridized carbons (Fsp3) is 0.429. The number of amides is 2. The molecule has 5 N–H and O–H groups in total. The van der Waals surface area contributed by atoms with Crippen LogP contribution in [0.1, 0.15) is 37.3 Å². The van der Waals surface area contributed by atoms with Gasteiger partial charge in [0.2, 0.25) is 11.8 Å². The first kappa shape index (κ1) is 26.3. The molecule has 0 fully saturated rings. The molecule has 0 aliphatic heterocycles. The molecule has 0 bridgehead atoms. The maximum atomic E-state index is 12.7. The van der Waals surface area contributed by atoms with Crippen molar-refractivity contribution in [3.8, 4) is 0 Å². The summed E-state index contributed by atoms with van der Waals surface area (Å²) in [6, 6.07) is 4.19. The van der Waals surface area contributed by atoms with E-state index in [1.807, 2.05) is 6.92 Å². The zero-order chi connectivity index (χ0) is 24.4. The first-order valence-corrected chi connectivity index (χ1v) is 9.73. The van der Waals surface area contributed by atoms with E-state index < -0.39 is 72.8 Å². The van der Waals surface area contributed by atoms with Gasteiger partial charge in [-0.25, -0.2) is 0 Å². The fourth-order valence-corrected chi connectivity index (χ4v) is 2.80. The van der Waals surface area contributed by atoms with Gasteiger partial charge in [0.25, 0.3) is 0 Å². The van der Waals surface area contributed by atoms with Crippen LogP contribution < -0.4 is 10.6 Å². The van der Waals surface area contributed by atoms with Gasteiger partial charge in [-0.1, -0.05) is 29.8 Å². The Hall–Kier alpha value is -3.76. The van der Waals surface area contributed by atoms with Crippen molar-refractivity contribution in [2.45, 2.75) is 51.6 Å². The molecule has 0 aromatic heterocycles. The predicted octanol–water partition coefficient (Wildman–Crippen LogP) is 0.136. The summed E-state index contributed by atoms with van der Waals surface area (Å²) >= 11 is 0. The van der Waals surface area contributed by atoms with Gasteiger partial charge in [-0.15, -0.1) is 0 Å². The van der Waals surface area contributed by atoms with Crippen LogP contribution in [0.2, 0.25) is 0 Å². The van der Waals surface area contributed by atoms with Crippen molar-refractivity contribution < 1.29 is 44.1 Å². The summed E-state index contributed by atoms with van der Waals surface area (Å²) in [5.41, 5.74) is 1.62. The van der Waals surface area contributed by atoms with E-state index in [1.165, 1.54) is 6.92 Å². The second-order valence-corrected chi connectivity index (χ2v) is 7.41. The Morgan fingerprint density at radius 2 is 1.41 bits per heavy atom. The predicted molar refractivity (Wildman–Crippen MR) is 110 cm³/mol. The van der Waals surface area contributed by atoms with E-state index in [4.69, 9.17) is 15.3 Å². The molecular formula is C21H26N2O9. The topological polar surface area (TPSA) is 187 Å². The lowest BCUT2D eigenvalue weighted by atomic mass is 9.93. The molecule has 0 unspecified atom stereocenters. The maximum absolute atomic E-state index is 12.7. The number of aryl methyl sites for hydroxylation is 1. The van der Waals surface area contributed by atoms with Crippen molar-refractivity contribution in [3.05, 3.63) is 35.4 Å². The van der Waals surface area contributed by atoms with Crippen LogP contribution in [0.15, 0.2) is 24.3 Å². The number of nitrogens with one attached hydrogen (secondary N) is 2. The standard InChI is InChI=1S/C21H26N2O9/c1-11-3-5-13(6-4-11)7-17(25)23-15(10-19(28)29)16(24)8-14(9-18(26)27)20(30)22-12(2)21(31)32/h3-6,12,14-15H,7-10H2,1-2H3,(H,22,30)(H,23,25)(H,26,27)(H,28,29)(H,31,32)/t12-,14-,15-/m0/s1. The third-order valence-corrected chi connectivity index (χ3v) is 4.56. The Morgan fingerprint density at radius 1 is 0.844 bits per heavy atom. The number of Topliss-reactive ketones (excluding diaryl/α,β-unsaturated/α-hetero) is 1. The van der Waals surface area contributed by atoms with Gasteiger partial charge in [0.05, 0.1) is 31.2 Å². The SMILES string of the molecule is Cc1ccc(CC(=O)N[C@@H](CC(=O)O)C(=O)C[C@@H](CC(=O)O)C(=O)N[C@@H](C)C(=O)O)cc1. The Bertz CT molecular complexity index is 880. The van der Waals surface area contributed by atoms with Crippen molar-refractivity contribution >= 4 is 35.5 Å². The number of rotatable bonds is 13. The lowest BCUT2D eigenvalue weighted by Gasteiger charge is -2.20. The third-order valence-electron chi connectivity index (χ3n) is 4.56. The quantitative estimate of drug-likeness (QED) is 0.278. The third kappa shape index (κ3) is 9.37. The second-order valence-electron chi connectivity index (χ2n) is 7.41. The second kappa shape index (κ2) is 12.2. The molecule has 0 aliphatic rings. The molecule has 11 heteroatoms. The van der Waals surface area contributed by atoms with E-state index >= 15 is 0 Å². The molecular weight excluding hydrogens is 424 g/mol. The zero-order valence-corrected chi connectivity index (χ0v) is 17.7. The van der Waals surface area contributed by atoms with Gasteiger partial charge in [0.1, 0.15) is 6.04 Å². The molecule has 32 heavy (non-hydrogen) atoms. The largest absolute Gasteiger partial charge is 0.481 e. The van der Waals surface area contributed by atoms with E-state index in [0.29, 0.717) is 5.56 Å². The average molecular weight is 450 g/mol. The van der Waals surface area contributed by atoms with Gasteiger partial charge in [-0.2, -0.15) is 0 Å². The van der Waals surface area contributed by atoms with Crippen LogP contribution in [0.25, 0.3) is 0 Å². The number of carbonyl (C=O) groups is 6. The summed E-state index contributed by atoms with van der Waals surface area (Å²) in [7, 11) is 0. The molecule has 1 aromatic rings. The first-order valence-electron chi connectivity index (χ1n) is 9.73. The molecule has 1 rings (SSSR count). The average Bonchev–Trinajstić information content (AvgIpc) is 2.67. The minimum absolute atomic E-state index is 0.112. The van der Waals surface area contributed by atoms with Crippen LogP contribution in [-0.4, -0.2) is 62.9 Å². The van der Waals surface area contributed by atoms with E-state index in [2.05, 4.69) is 10.6 Å². The molecule has 174 valence electrons. The van der Waals surface area contributed by atoms with E-state index in [9.17, 15) is 28.8 Å². The maximum Gasteiger partial charge on any atom is 0.325 e. The fourth-order valence-electron chi connectivity index (χ4n) is 2.80. The van der Waals surface area contributed by atoms with Gasteiger partial charge >= 0.3 is 17.9 Å². The summed E-state index contributed by atoms with van der Waals surface area (Å²) in [6.07, 6.45) is -2.33. The number of carboxylic acid groups (broad SMARTS) is 3. The normalized spacial score (nSPS) is 13.3. The first-order chi connectivity index (χ1) is 14.9. The smallest absolute Gasteiger partial charge is 0.325 e. The molecule has 2 amide bonds. The van der Waals surface area contributed by atoms with Gasteiger partial charge in [0.15, 0.2) is 5.78 Å². The molecule has 1 aromatic carbocycles. The van der Waals surface area contributed by atoms with Crippen LogP contribution in [0.3, 0.4) is 0 Å². The highest BCUT2D eigenvalue weighted by Crippen LogP contribution is 2.14. The summed E-state index contributed by atoms with van der Waals surface area (Å²) in [4.78, 5) is 70.4. The number of carboxylic acids is 3. The monoisotopic (exact) mass is 450 g/mol. The summed E-state index contributed by atoms with van der Waals surface area (Å²) in [6.45, 7) is 3.03. The number of ketones is 1. The molecule has 11 nitrogen and oxygen atoms in total. The number of hydrogen-bond acceptors (Lipinski definition) is 6. The van der Waals surface area contributed by atoms with Gasteiger partial charge < -0.3 is 26.0 Å². The van der Waals surface area contributed by atoms with Gasteiger partial charge in [0, 0.05) is 6.42 Å². The molecule has 0 aliphatic carbocycles. The van der Waals surface area contributed by atoms with E-state index in [0.717, 1.165) is 5.56 Å². The van der Waals surface area contributed by atoms with Crippen LogP contribution in [0.5, 0.6) is 0 Å². The van der Waals surface area contributed by atoms with Crippen molar-refractivity contribution in [3.63, 3.8) is 0 Å². The summed E-state index contributed by atoms with van der Waals surface area (Å²) in [5.74, 6) is -8.02. The minimum atomic E-state index is -1.48.